The zero-order valence-corrected chi connectivity index (χ0v) is 14.6. The number of morpholine rings is 1. The molecule has 6 heteroatoms. The van der Waals surface area contributed by atoms with Gasteiger partial charge in [0, 0.05) is 11.4 Å². The molecule has 3 aliphatic rings. The average Bonchev–Trinajstić information content (AvgIpc) is 3.20. The Morgan fingerprint density at radius 2 is 2.12 bits per heavy atom. The van der Waals surface area contributed by atoms with E-state index >= 15 is 0 Å². The topological polar surface area (TPSA) is 55.8 Å². The van der Waals surface area contributed by atoms with Crippen LogP contribution < -0.4 is 0 Å². The number of amides is 1. The fourth-order valence-electron chi connectivity index (χ4n) is 4.12. The molecule has 2 heterocycles. The SMILES string of the molecule is O=C(OCC(=O)N1CCOC2CCCCC21)c1cc2c(s1)CCC2. The van der Waals surface area contributed by atoms with Gasteiger partial charge in [0.25, 0.3) is 5.91 Å². The fourth-order valence-corrected chi connectivity index (χ4v) is 5.26. The first-order chi connectivity index (χ1) is 11.7. The third kappa shape index (κ3) is 3.09. The molecule has 2 unspecified atom stereocenters. The van der Waals surface area contributed by atoms with Gasteiger partial charge in [-0.05, 0) is 43.7 Å². The summed E-state index contributed by atoms with van der Waals surface area (Å²) in [6.07, 6.45) is 7.76. The lowest BCUT2D eigenvalue weighted by molar-refractivity contribution is -0.152. The lowest BCUT2D eigenvalue weighted by Crippen LogP contribution is -2.55. The van der Waals surface area contributed by atoms with Gasteiger partial charge in [-0.3, -0.25) is 4.79 Å². The van der Waals surface area contributed by atoms with Crippen molar-refractivity contribution in [3.8, 4) is 0 Å². The molecule has 1 saturated carbocycles. The van der Waals surface area contributed by atoms with Gasteiger partial charge in [-0.25, -0.2) is 4.79 Å². The van der Waals surface area contributed by atoms with Gasteiger partial charge < -0.3 is 14.4 Å². The van der Waals surface area contributed by atoms with E-state index in [0.717, 1.165) is 32.1 Å². The third-order valence-electron chi connectivity index (χ3n) is 5.33. The summed E-state index contributed by atoms with van der Waals surface area (Å²) >= 11 is 1.52. The first-order valence-corrected chi connectivity index (χ1v) is 9.74. The zero-order valence-electron chi connectivity index (χ0n) is 13.8. The Kier molecular flexibility index (Phi) is 4.59. The average molecular weight is 349 g/mol. The Morgan fingerprint density at radius 1 is 1.25 bits per heavy atom. The van der Waals surface area contributed by atoms with Crippen LogP contribution in [0.3, 0.4) is 0 Å². The van der Waals surface area contributed by atoms with Gasteiger partial charge in [-0.1, -0.05) is 12.8 Å². The summed E-state index contributed by atoms with van der Waals surface area (Å²) < 4.78 is 11.1. The highest BCUT2D eigenvalue weighted by molar-refractivity contribution is 7.14. The van der Waals surface area contributed by atoms with Gasteiger partial charge in [0.05, 0.1) is 18.8 Å². The number of carbonyl (C=O) groups is 2. The zero-order chi connectivity index (χ0) is 16.5. The summed E-state index contributed by atoms with van der Waals surface area (Å²) in [4.78, 5) is 28.5. The van der Waals surface area contributed by atoms with Gasteiger partial charge in [0.2, 0.25) is 0 Å². The summed E-state index contributed by atoms with van der Waals surface area (Å²) in [6, 6.07) is 2.09. The van der Waals surface area contributed by atoms with E-state index in [2.05, 4.69) is 0 Å². The standard InChI is InChI=1S/C18H23NO4S/c20-17(19-8-9-22-14-6-2-1-5-13(14)19)11-23-18(21)16-10-12-4-3-7-15(12)24-16/h10,13-14H,1-9,11H2. The highest BCUT2D eigenvalue weighted by Gasteiger charge is 2.36. The molecule has 1 saturated heterocycles. The number of esters is 1. The molecule has 1 aliphatic heterocycles. The second-order valence-corrected chi connectivity index (χ2v) is 7.97. The Morgan fingerprint density at radius 3 is 3.00 bits per heavy atom. The van der Waals surface area contributed by atoms with Gasteiger partial charge in [0.1, 0.15) is 4.88 Å². The maximum Gasteiger partial charge on any atom is 0.348 e. The van der Waals surface area contributed by atoms with Crippen LogP contribution in [0, 0.1) is 0 Å². The molecule has 130 valence electrons. The molecule has 24 heavy (non-hydrogen) atoms. The number of rotatable bonds is 3. The Bertz CT molecular complexity index is 617. The van der Waals surface area contributed by atoms with E-state index in [9.17, 15) is 9.59 Å². The van der Waals surface area contributed by atoms with Crippen LogP contribution in [0.1, 0.15) is 52.2 Å². The number of aryl methyl sites for hydroxylation is 2. The molecule has 0 spiro atoms. The van der Waals surface area contributed by atoms with Gasteiger partial charge >= 0.3 is 5.97 Å². The number of hydrogen-bond donors (Lipinski definition) is 0. The molecular weight excluding hydrogens is 326 g/mol. The maximum absolute atomic E-state index is 12.5. The van der Waals surface area contributed by atoms with Crippen LogP contribution in [-0.4, -0.2) is 48.7 Å². The minimum Gasteiger partial charge on any atom is -0.451 e. The first-order valence-electron chi connectivity index (χ1n) is 8.92. The maximum atomic E-state index is 12.5. The van der Waals surface area contributed by atoms with E-state index in [0.29, 0.717) is 18.0 Å². The molecule has 2 aliphatic carbocycles. The summed E-state index contributed by atoms with van der Waals surface area (Å²) in [6.45, 7) is 1.02. The molecule has 5 nitrogen and oxygen atoms in total. The minimum absolute atomic E-state index is 0.0901. The van der Waals surface area contributed by atoms with Crippen molar-refractivity contribution >= 4 is 23.2 Å². The Labute approximate surface area is 145 Å². The fraction of sp³-hybridized carbons (Fsp3) is 0.667. The Hall–Kier alpha value is -1.40. The number of carbonyl (C=O) groups excluding carboxylic acids is 2. The van der Waals surface area contributed by atoms with E-state index < -0.39 is 0 Å². The van der Waals surface area contributed by atoms with Crippen LogP contribution in [0.4, 0.5) is 0 Å². The summed E-state index contributed by atoms with van der Waals surface area (Å²) in [5.74, 6) is -0.455. The number of thiophene rings is 1. The minimum atomic E-state index is -0.365. The van der Waals surface area contributed by atoms with E-state index in [-0.39, 0.29) is 30.6 Å². The summed E-state index contributed by atoms with van der Waals surface area (Å²) in [7, 11) is 0. The molecule has 4 rings (SSSR count). The van der Waals surface area contributed by atoms with E-state index in [1.54, 1.807) is 0 Å². The van der Waals surface area contributed by atoms with Crippen molar-refractivity contribution in [1.29, 1.82) is 0 Å². The van der Waals surface area contributed by atoms with Crippen LogP contribution in [0.2, 0.25) is 0 Å². The molecule has 1 amide bonds. The monoisotopic (exact) mass is 349 g/mol. The molecule has 0 bridgehead atoms. The highest BCUT2D eigenvalue weighted by Crippen LogP contribution is 2.31. The molecule has 1 aromatic heterocycles. The first kappa shape index (κ1) is 16.1. The van der Waals surface area contributed by atoms with Crippen LogP contribution in [0.15, 0.2) is 6.07 Å². The van der Waals surface area contributed by atoms with Crippen molar-refractivity contribution in [3.63, 3.8) is 0 Å². The predicted octanol–water partition coefficient (Wildman–Crippen LogP) is 2.56. The van der Waals surface area contributed by atoms with Crippen LogP contribution in [0.5, 0.6) is 0 Å². The second kappa shape index (κ2) is 6.84. The van der Waals surface area contributed by atoms with Crippen molar-refractivity contribution in [2.24, 2.45) is 0 Å². The summed E-state index contributed by atoms with van der Waals surface area (Å²) in [5, 5.41) is 0. The second-order valence-electron chi connectivity index (χ2n) is 6.84. The highest BCUT2D eigenvalue weighted by atomic mass is 32.1. The largest absolute Gasteiger partial charge is 0.451 e. The molecule has 0 N–H and O–H groups in total. The molecular formula is C18H23NO4S. The van der Waals surface area contributed by atoms with E-state index in [1.807, 2.05) is 11.0 Å². The van der Waals surface area contributed by atoms with Gasteiger partial charge in [-0.2, -0.15) is 0 Å². The van der Waals surface area contributed by atoms with E-state index in [1.165, 1.54) is 34.6 Å². The predicted molar refractivity (Wildman–Crippen MR) is 90.3 cm³/mol. The number of fused-ring (bicyclic) bond motifs is 2. The lowest BCUT2D eigenvalue weighted by atomic mass is 9.90. The van der Waals surface area contributed by atoms with Crippen LogP contribution >= 0.6 is 11.3 Å². The lowest BCUT2D eigenvalue weighted by Gasteiger charge is -2.43. The Balaban J connectivity index is 1.34. The normalized spacial score (nSPS) is 25.9. The van der Waals surface area contributed by atoms with Gasteiger partial charge in [0.15, 0.2) is 6.61 Å². The molecule has 0 aromatic carbocycles. The molecule has 2 fully saturated rings. The molecule has 0 radical (unpaired) electrons. The van der Waals surface area contributed by atoms with Crippen molar-refractivity contribution < 1.29 is 19.1 Å². The van der Waals surface area contributed by atoms with Crippen molar-refractivity contribution in [3.05, 3.63) is 21.4 Å². The van der Waals surface area contributed by atoms with Crippen LogP contribution in [0.25, 0.3) is 0 Å². The summed E-state index contributed by atoms with van der Waals surface area (Å²) in [5.41, 5.74) is 1.27. The quantitative estimate of drug-likeness (QED) is 0.787. The number of ether oxygens (including phenoxy) is 2. The number of hydrogen-bond acceptors (Lipinski definition) is 5. The number of nitrogens with zero attached hydrogens (tertiary/aromatic N) is 1. The third-order valence-corrected chi connectivity index (χ3v) is 6.54. The van der Waals surface area contributed by atoms with Gasteiger partial charge in [-0.15, -0.1) is 11.3 Å². The van der Waals surface area contributed by atoms with Crippen molar-refractivity contribution in [1.82, 2.24) is 4.90 Å². The van der Waals surface area contributed by atoms with Crippen molar-refractivity contribution in [2.75, 3.05) is 19.8 Å². The van der Waals surface area contributed by atoms with E-state index in [4.69, 9.17) is 9.47 Å². The van der Waals surface area contributed by atoms with Crippen LogP contribution in [-0.2, 0) is 27.1 Å². The van der Waals surface area contributed by atoms with Crippen molar-refractivity contribution in [2.45, 2.75) is 57.1 Å². The molecule has 1 aromatic rings. The molecule has 2 atom stereocenters. The smallest absolute Gasteiger partial charge is 0.348 e.